The van der Waals surface area contributed by atoms with Crippen LogP contribution >= 0.6 is 0 Å². The van der Waals surface area contributed by atoms with Crippen LogP contribution in [0, 0.1) is 5.41 Å². The molecule has 4 rings (SSSR count). The van der Waals surface area contributed by atoms with Crippen LogP contribution in [0.2, 0.25) is 0 Å². The van der Waals surface area contributed by atoms with Gasteiger partial charge in [0, 0.05) is 33.5 Å². The van der Waals surface area contributed by atoms with Crippen LogP contribution in [-0.4, -0.2) is 44.8 Å². The van der Waals surface area contributed by atoms with Crippen LogP contribution in [0.15, 0.2) is 28.0 Å². The third-order valence-electron chi connectivity index (χ3n) is 6.02. The second kappa shape index (κ2) is 7.47. The molecule has 2 heterocycles. The Kier molecular flexibility index (Phi) is 5.03. The number of aromatic hydroxyl groups is 1. The summed E-state index contributed by atoms with van der Waals surface area (Å²) in [6, 6.07) is 1.16. The highest BCUT2D eigenvalue weighted by Gasteiger charge is 2.40. The van der Waals surface area contributed by atoms with E-state index in [-0.39, 0.29) is 34.2 Å². The first-order chi connectivity index (χ1) is 15.0. The summed E-state index contributed by atoms with van der Waals surface area (Å²) in [5.74, 6) is -0.878. The van der Waals surface area contributed by atoms with Gasteiger partial charge in [0.2, 0.25) is 0 Å². The van der Waals surface area contributed by atoms with Crippen molar-refractivity contribution in [3.8, 4) is 5.75 Å². The van der Waals surface area contributed by atoms with Crippen LogP contribution in [0.4, 0.5) is 17.1 Å². The number of nitrogens with one attached hydrogen (secondary N) is 2. The molecule has 1 aromatic carbocycles. The molecule has 10 nitrogen and oxygen atoms in total. The molecule has 0 saturated carbocycles. The third-order valence-corrected chi connectivity index (χ3v) is 6.02. The highest BCUT2D eigenvalue weighted by molar-refractivity contribution is 5.97. The first-order valence-corrected chi connectivity index (χ1v) is 10.3. The number of aromatic nitrogens is 3. The van der Waals surface area contributed by atoms with Crippen LogP contribution in [0.5, 0.6) is 5.75 Å². The Morgan fingerprint density at radius 1 is 1.25 bits per heavy atom. The molecule has 1 amide bonds. The van der Waals surface area contributed by atoms with Crippen molar-refractivity contribution >= 4 is 23.0 Å². The Morgan fingerprint density at radius 2 is 1.94 bits per heavy atom. The zero-order valence-corrected chi connectivity index (χ0v) is 18.7. The summed E-state index contributed by atoms with van der Waals surface area (Å²) in [4.78, 5) is 42.3. The minimum atomic E-state index is -0.695. The van der Waals surface area contributed by atoms with E-state index in [1.54, 1.807) is 18.8 Å². The maximum absolute atomic E-state index is 12.4. The molecule has 1 atom stereocenters. The van der Waals surface area contributed by atoms with Gasteiger partial charge in [0.15, 0.2) is 11.4 Å². The van der Waals surface area contributed by atoms with Gasteiger partial charge in [-0.05, 0) is 29.9 Å². The maximum Gasteiger partial charge on any atom is 0.275 e. The van der Waals surface area contributed by atoms with Gasteiger partial charge in [-0.3, -0.25) is 19.1 Å². The standard InChI is InChI=1S/C22H26N6O4/c1-22(2)8-6-11-10-28(5)26-13(11)20(22)25-15-14(18(30)19(15)31)24-12-7-9-23-16(17(12)29)21(32)27(3)4/h7,9-10,20,25,29H,6,8H2,1-5H3,(H,23,24). The molecule has 2 aromatic heterocycles. The highest BCUT2D eigenvalue weighted by Crippen LogP contribution is 2.45. The number of anilines is 3. The molecule has 32 heavy (non-hydrogen) atoms. The summed E-state index contributed by atoms with van der Waals surface area (Å²) >= 11 is 0. The number of hydrogen-bond acceptors (Lipinski definition) is 8. The predicted molar refractivity (Wildman–Crippen MR) is 120 cm³/mol. The zero-order chi connectivity index (χ0) is 23.4. The van der Waals surface area contributed by atoms with Crippen molar-refractivity contribution < 1.29 is 9.90 Å². The lowest BCUT2D eigenvalue weighted by Crippen LogP contribution is -2.41. The van der Waals surface area contributed by atoms with Gasteiger partial charge in [-0.2, -0.15) is 5.10 Å². The molecule has 1 aliphatic carbocycles. The molecule has 0 fully saturated rings. The normalized spacial score (nSPS) is 17.1. The van der Waals surface area contributed by atoms with Gasteiger partial charge in [-0.15, -0.1) is 0 Å². The summed E-state index contributed by atoms with van der Waals surface area (Å²) in [6.07, 6.45) is 5.10. The fraction of sp³-hybridized carbons (Fsp3) is 0.409. The minimum Gasteiger partial charge on any atom is -0.504 e. The SMILES string of the molecule is CN(C)C(=O)c1nccc(Nc2c(NC3c4nn(C)cc4CCC3(C)C)c(=O)c2=O)c1O. The Bertz CT molecular complexity index is 1280. The summed E-state index contributed by atoms with van der Waals surface area (Å²) in [7, 11) is 4.94. The molecule has 3 N–H and O–H groups in total. The molecular weight excluding hydrogens is 412 g/mol. The Balaban J connectivity index is 1.68. The van der Waals surface area contributed by atoms with Gasteiger partial charge in [0.1, 0.15) is 11.4 Å². The van der Waals surface area contributed by atoms with Gasteiger partial charge >= 0.3 is 0 Å². The number of aryl methyl sites for hydroxylation is 2. The summed E-state index contributed by atoms with van der Waals surface area (Å²) in [5, 5.41) is 21.2. The second-order valence-corrected chi connectivity index (χ2v) is 9.07. The van der Waals surface area contributed by atoms with Crippen LogP contribution in [-0.2, 0) is 13.5 Å². The molecule has 0 aliphatic heterocycles. The Labute approximate surface area is 184 Å². The van der Waals surface area contributed by atoms with Gasteiger partial charge in [0.25, 0.3) is 16.8 Å². The van der Waals surface area contributed by atoms with Crippen LogP contribution in [0.1, 0.15) is 48.1 Å². The maximum atomic E-state index is 12.4. The second-order valence-electron chi connectivity index (χ2n) is 9.07. The van der Waals surface area contributed by atoms with Crippen molar-refractivity contribution in [3.05, 3.63) is 55.9 Å². The van der Waals surface area contributed by atoms with E-state index in [1.807, 2.05) is 13.2 Å². The topological polar surface area (TPSA) is 129 Å². The number of nitrogens with zero attached hydrogens (tertiary/aromatic N) is 4. The fourth-order valence-corrected chi connectivity index (χ4v) is 4.08. The molecule has 0 radical (unpaired) electrons. The average Bonchev–Trinajstić information content (AvgIpc) is 3.12. The van der Waals surface area contributed by atoms with Crippen molar-refractivity contribution in [2.24, 2.45) is 12.5 Å². The lowest BCUT2D eigenvalue weighted by molar-refractivity contribution is 0.0819. The molecular formula is C22H26N6O4. The first kappa shape index (κ1) is 21.5. The highest BCUT2D eigenvalue weighted by atomic mass is 16.3. The molecule has 3 aromatic rings. The van der Waals surface area contributed by atoms with Crippen LogP contribution < -0.4 is 21.5 Å². The monoisotopic (exact) mass is 438 g/mol. The van der Waals surface area contributed by atoms with Gasteiger partial charge in [-0.1, -0.05) is 13.8 Å². The molecule has 0 bridgehead atoms. The van der Waals surface area contributed by atoms with E-state index in [4.69, 9.17) is 0 Å². The number of carbonyl (C=O) groups is 1. The van der Waals surface area contributed by atoms with Crippen molar-refractivity contribution in [1.82, 2.24) is 19.7 Å². The predicted octanol–water partition coefficient (Wildman–Crippen LogP) is 1.69. The molecule has 10 heteroatoms. The third kappa shape index (κ3) is 3.41. The van der Waals surface area contributed by atoms with Crippen molar-refractivity contribution in [2.45, 2.75) is 32.7 Å². The Hall–Kier alpha value is -3.69. The van der Waals surface area contributed by atoms with Gasteiger partial charge in [-0.25, -0.2) is 4.98 Å². The molecule has 1 aliphatic rings. The molecule has 168 valence electrons. The lowest BCUT2D eigenvalue weighted by atomic mass is 9.72. The minimum absolute atomic E-state index is 0.0404. The molecule has 0 saturated heterocycles. The lowest BCUT2D eigenvalue weighted by Gasteiger charge is -2.39. The number of rotatable bonds is 5. The first-order valence-electron chi connectivity index (χ1n) is 10.3. The zero-order valence-electron chi connectivity index (χ0n) is 18.7. The van der Waals surface area contributed by atoms with E-state index < -0.39 is 22.5 Å². The van der Waals surface area contributed by atoms with E-state index >= 15 is 0 Å². The number of hydrogen-bond donors (Lipinski definition) is 3. The number of pyridine rings is 1. The van der Waals surface area contributed by atoms with Crippen LogP contribution in [0.3, 0.4) is 0 Å². The smallest absolute Gasteiger partial charge is 0.275 e. The summed E-state index contributed by atoms with van der Waals surface area (Å²) < 4.78 is 1.75. The van der Waals surface area contributed by atoms with Crippen molar-refractivity contribution in [2.75, 3.05) is 24.7 Å². The van der Waals surface area contributed by atoms with E-state index in [2.05, 4.69) is 34.6 Å². The largest absolute Gasteiger partial charge is 0.504 e. The average molecular weight is 438 g/mol. The van der Waals surface area contributed by atoms with Crippen molar-refractivity contribution in [3.63, 3.8) is 0 Å². The van der Waals surface area contributed by atoms with Gasteiger partial charge < -0.3 is 20.6 Å². The van der Waals surface area contributed by atoms with E-state index in [9.17, 15) is 19.5 Å². The molecule has 0 spiro atoms. The summed E-state index contributed by atoms with van der Waals surface area (Å²) in [5.41, 5.74) is 0.569. The number of amides is 1. The molecule has 1 unspecified atom stereocenters. The van der Waals surface area contributed by atoms with Crippen LogP contribution in [0.25, 0.3) is 0 Å². The number of carbonyl (C=O) groups excluding carboxylic acids is 1. The van der Waals surface area contributed by atoms with E-state index in [0.717, 1.165) is 24.1 Å². The van der Waals surface area contributed by atoms with Gasteiger partial charge in [0.05, 0.1) is 17.4 Å². The summed E-state index contributed by atoms with van der Waals surface area (Å²) in [6.45, 7) is 4.18. The Morgan fingerprint density at radius 3 is 2.62 bits per heavy atom. The van der Waals surface area contributed by atoms with E-state index in [0.29, 0.717) is 0 Å². The fourth-order valence-electron chi connectivity index (χ4n) is 4.08. The number of fused-ring (bicyclic) bond motifs is 1. The van der Waals surface area contributed by atoms with Crippen molar-refractivity contribution in [1.29, 1.82) is 0 Å². The van der Waals surface area contributed by atoms with E-state index in [1.165, 1.54) is 17.2 Å². The quantitative estimate of drug-likeness (QED) is 0.513.